The molecule has 0 amide bonds. The van der Waals surface area contributed by atoms with Crippen LogP contribution in [0.3, 0.4) is 0 Å². The summed E-state index contributed by atoms with van der Waals surface area (Å²) in [5.41, 5.74) is 0. The van der Waals surface area contributed by atoms with Crippen molar-refractivity contribution >= 4 is 0 Å². The average Bonchev–Trinajstić information content (AvgIpc) is 2.23. The molecule has 0 aromatic rings. The summed E-state index contributed by atoms with van der Waals surface area (Å²) >= 11 is 0. The number of aliphatic hydroxyl groups is 2. The van der Waals surface area contributed by atoms with Crippen LogP contribution in [0.1, 0.15) is 12.8 Å². The molecule has 0 aromatic heterocycles. The van der Waals surface area contributed by atoms with Gasteiger partial charge in [-0.3, -0.25) is 0 Å². The van der Waals surface area contributed by atoms with E-state index in [1.54, 1.807) is 0 Å². The van der Waals surface area contributed by atoms with Crippen LogP contribution in [0.5, 0.6) is 0 Å². The molecule has 0 aromatic carbocycles. The van der Waals surface area contributed by atoms with E-state index in [4.69, 9.17) is 10.2 Å². The fourth-order valence-electron chi connectivity index (χ4n) is 0.482. The number of aliphatic hydroxyl groups excluding tert-OH is 2. The van der Waals surface area contributed by atoms with Crippen molar-refractivity contribution in [1.82, 2.24) is 0 Å². The van der Waals surface area contributed by atoms with Crippen LogP contribution in [0, 0.1) is 20.2 Å². The summed E-state index contributed by atoms with van der Waals surface area (Å²) in [6.07, 6.45) is 0.712. The summed E-state index contributed by atoms with van der Waals surface area (Å²) in [5.74, 6) is 0. The van der Waals surface area contributed by atoms with E-state index in [9.17, 15) is 20.2 Å². The van der Waals surface area contributed by atoms with E-state index in [0.29, 0.717) is 12.8 Å². The highest BCUT2D eigenvalue weighted by Gasteiger charge is 1.96. The van der Waals surface area contributed by atoms with Gasteiger partial charge in [0, 0.05) is 0 Å². The van der Waals surface area contributed by atoms with Crippen molar-refractivity contribution in [1.29, 1.82) is 0 Å². The van der Waals surface area contributed by atoms with E-state index in [-0.39, 0.29) is 26.4 Å². The topological polar surface area (TPSA) is 145 Å². The van der Waals surface area contributed by atoms with Gasteiger partial charge in [0.15, 0.2) is 0 Å². The molecule has 96 valence electrons. The smallest absolute Gasteiger partial charge is 0.294 e. The first kappa shape index (κ1) is 16.7. The van der Waals surface area contributed by atoms with Crippen molar-refractivity contribution in [2.45, 2.75) is 12.8 Å². The molecule has 0 spiro atoms. The van der Waals surface area contributed by atoms with E-state index in [2.05, 4.69) is 9.68 Å². The number of nitrogens with zero attached hydrogens (tertiary/aromatic N) is 2. The Hall–Kier alpha value is -1.68. The average molecular weight is 242 g/mol. The Morgan fingerprint density at radius 3 is 1.38 bits per heavy atom. The Bertz CT molecular complexity index is 167. The Morgan fingerprint density at radius 2 is 1.19 bits per heavy atom. The number of hydrogen-bond donors (Lipinski definition) is 2. The highest BCUT2D eigenvalue weighted by atomic mass is 17.0. The van der Waals surface area contributed by atoms with Gasteiger partial charge in [-0.15, -0.1) is 20.2 Å². The minimum Gasteiger partial charge on any atom is -0.394 e. The van der Waals surface area contributed by atoms with Crippen molar-refractivity contribution in [2.24, 2.45) is 0 Å². The fourth-order valence-corrected chi connectivity index (χ4v) is 0.482. The SMILES string of the molecule is O=[N+]([O-])OCCCCO[N+](=O)[O-].OCCO. The van der Waals surface area contributed by atoms with Gasteiger partial charge in [0.25, 0.3) is 10.2 Å². The molecule has 0 aliphatic heterocycles. The van der Waals surface area contributed by atoms with Crippen LogP contribution in [0.25, 0.3) is 0 Å². The lowest BCUT2D eigenvalue weighted by Gasteiger charge is -1.98. The molecule has 0 aliphatic carbocycles. The van der Waals surface area contributed by atoms with Gasteiger partial charge in [-0.1, -0.05) is 0 Å². The summed E-state index contributed by atoms with van der Waals surface area (Å²) in [7, 11) is 0. The van der Waals surface area contributed by atoms with Gasteiger partial charge in [0.05, 0.1) is 26.4 Å². The van der Waals surface area contributed by atoms with Crippen molar-refractivity contribution < 1.29 is 30.1 Å². The van der Waals surface area contributed by atoms with Crippen LogP contribution in [0.2, 0.25) is 0 Å². The highest BCUT2D eigenvalue weighted by Crippen LogP contribution is 1.91. The Kier molecular flexibility index (Phi) is 13.9. The third-order valence-corrected chi connectivity index (χ3v) is 1.03. The van der Waals surface area contributed by atoms with Crippen molar-refractivity contribution in [3.63, 3.8) is 0 Å². The van der Waals surface area contributed by atoms with Crippen molar-refractivity contribution in [3.05, 3.63) is 20.2 Å². The number of rotatable bonds is 8. The quantitative estimate of drug-likeness (QED) is 0.318. The molecule has 0 aliphatic rings. The van der Waals surface area contributed by atoms with Crippen LogP contribution in [0.15, 0.2) is 0 Å². The molecule has 10 nitrogen and oxygen atoms in total. The second-order valence-electron chi connectivity index (χ2n) is 2.27. The third-order valence-electron chi connectivity index (χ3n) is 1.03. The zero-order chi connectivity index (χ0) is 12.8. The van der Waals surface area contributed by atoms with Gasteiger partial charge in [-0.2, -0.15) is 0 Å². The highest BCUT2D eigenvalue weighted by molar-refractivity contribution is 4.33. The predicted octanol–water partition coefficient (Wildman–Crippen LogP) is -0.846. The Labute approximate surface area is 90.6 Å². The second-order valence-corrected chi connectivity index (χ2v) is 2.27. The molecular formula is C6H14N2O8. The number of unbranched alkanes of at least 4 members (excludes halogenated alkanes) is 1. The molecule has 16 heavy (non-hydrogen) atoms. The molecule has 0 saturated carbocycles. The maximum absolute atomic E-state index is 9.58. The van der Waals surface area contributed by atoms with Crippen LogP contribution in [-0.2, 0) is 9.68 Å². The maximum atomic E-state index is 9.58. The van der Waals surface area contributed by atoms with Gasteiger partial charge < -0.3 is 19.9 Å². The minimum atomic E-state index is -0.908. The van der Waals surface area contributed by atoms with Gasteiger partial charge in [-0.05, 0) is 12.8 Å². The molecule has 0 atom stereocenters. The molecule has 0 saturated heterocycles. The predicted molar refractivity (Wildman–Crippen MR) is 49.3 cm³/mol. The molecule has 2 N–H and O–H groups in total. The maximum Gasteiger partial charge on any atom is 0.294 e. The lowest BCUT2D eigenvalue weighted by Crippen LogP contribution is -2.05. The zero-order valence-electron chi connectivity index (χ0n) is 8.48. The molecule has 0 radical (unpaired) electrons. The van der Waals surface area contributed by atoms with E-state index in [1.807, 2.05) is 0 Å². The first-order valence-corrected chi connectivity index (χ1v) is 4.31. The van der Waals surface area contributed by atoms with Gasteiger partial charge in [0.1, 0.15) is 0 Å². The van der Waals surface area contributed by atoms with Crippen LogP contribution >= 0.6 is 0 Å². The van der Waals surface area contributed by atoms with Crippen molar-refractivity contribution in [3.8, 4) is 0 Å². The van der Waals surface area contributed by atoms with Gasteiger partial charge in [0.2, 0.25) is 0 Å². The molecule has 0 unspecified atom stereocenters. The zero-order valence-corrected chi connectivity index (χ0v) is 8.48. The lowest BCUT2D eigenvalue weighted by atomic mass is 10.3. The van der Waals surface area contributed by atoms with Crippen LogP contribution < -0.4 is 0 Å². The molecule has 0 fully saturated rings. The minimum absolute atomic E-state index is 0.0614. The monoisotopic (exact) mass is 242 g/mol. The van der Waals surface area contributed by atoms with E-state index < -0.39 is 10.2 Å². The lowest BCUT2D eigenvalue weighted by molar-refractivity contribution is -0.760. The summed E-state index contributed by atoms with van der Waals surface area (Å²) in [4.78, 5) is 27.1. The first-order valence-electron chi connectivity index (χ1n) is 4.31. The molecule has 10 heteroatoms. The molecular weight excluding hydrogens is 228 g/mol. The van der Waals surface area contributed by atoms with Gasteiger partial charge in [-0.25, -0.2) is 0 Å². The second kappa shape index (κ2) is 13.3. The first-order chi connectivity index (χ1) is 7.54. The third kappa shape index (κ3) is 22.8. The standard InChI is InChI=1S/C4H8N2O6.C2H6O2/c7-5(8)11-3-1-2-4-12-6(9)10;3-1-2-4/h1-4H2;3-4H,1-2H2. The van der Waals surface area contributed by atoms with Gasteiger partial charge >= 0.3 is 0 Å². The van der Waals surface area contributed by atoms with E-state index in [0.717, 1.165) is 0 Å². The molecule has 0 bridgehead atoms. The Balaban J connectivity index is 0. The van der Waals surface area contributed by atoms with E-state index in [1.165, 1.54) is 0 Å². The summed E-state index contributed by atoms with van der Waals surface area (Å²) in [6, 6.07) is 0. The summed E-state index contributed by atoms with van der Waals surface area (Å²) < 4.78 is 0. The Morgan fingerprint density at radius 1 is 0.875 bits per heavy atom. The number of hydrogen-bond acceptors (Lipinski definition) is 8. The van der Waals surface area contributed by atoms with Crippen LogP contribution in [0.4, 0.5) is 0 Å². The van der Waals surface area contributed by atoms with Crippen LogP contribution in [-0.4, -0.2) is 46.8 Å². The van der Waals surface area contributed by atoms with Crippen molar-refractivity contribution in [2.75, 3.05) is 26.4 Å². The summed E-state index contributed by atoms with van der Waals surface area (Å²) in [5, 5.41) is 32.6. The normalized spacial score (nSPS) is 8.62. The molecule has 0 rings (SSSR count). The van der Waals surface area contributed by atoms with E-state index >= 15 is 0 Å². The summed E-state index contributed by atoms with van der Waals surface area (Å²) in [6.45, 7) is -0.373. The fraction of sp³-hybridized carbons (Fsp3) is 1.00. The molecule has 0 heterocycles. The largest absolute Gasteiger partial charge is 0.394 e.